The molecule has 1 saturated heterocycles. The van der Waals surface area contributed by atoms with Crippen LogP contribution in [-0.4, -0.2) is 61.3 Å². The zero-order valence-electron chi connectivity index (χ0n) is 13.6. The van der Waals surface area contributed by atoms with E-state index in [9.17, 15) is 14.7 Å². The molecule has 3 heterocycles. The van der Waals surface area contributed by atoms with Crippen molar-refractivity contribution < 1.29 is 35.4 Å². The second-order valence-corrected chi connectivity index (χ2v) is 6.47. The van der Waals surface area contributed by atoms with Gasteiger partial charge in [0.05, 0.1) is 24.3 Å². The fourth-order valence-corrected chi connectivity index (χ4v) is 4.14. The highest BCUT2D eigenvalue weighted by molar-refractivity contribution is 8.00. The molecule has 1 aromatic rings. The number of carboxylic acids is 1. The van der Waals surface area contributed by atoms with E-state index in [-0.39, 0.29) is 54.1 Å². The number of hydrogen-bond donors (Lipinski definition) is 3. The molecule has 2 aliphatic rings. The zero-order chi connectivity index (χ0) is 16.7. The predicted octanol–water partition coefficient (Wildman–Crippen LogP) is -4.63. The lowest BCUT2D eigenvalue weighted by atomic mass is 10.0. The maximum absolute atomic E-state index is 11.9. The van der Waals surface area contributed by atoms with Crippen molar-refractivity contribution in [3.63, 3.8) is 0 Å². The minimum Gasteiger partial charge on any atom is -0.543 e. The number of nitrogens with two attached hydrogens (primary N) is 2. The molecule has 0 radical (unpaired) electrons. The molecule has 9 N–H and O–H groups in total. The van der Waals surface area contributed by atoms with E-state index in [1.165, 1.54) is 16.7 Å². The minimum atomic E-state index is -1.39. The molecular formula is C13H22ClN5O6S. The van der Waals surface area contributed by atoms with Crippen molar-refractivity contribution >= 4 is 41.9 Å². The van der Waals surface area contributed by atoms with E-state index in [1.54, 1.807) is 21.6 Å². The lowest BCUT2D eigenvalue weighted by Crippen LogP contribution is -2.69. The van der Waals surface area contributed by atoms with Gasteiger partial charge in [0, 0.05) is 11.3 Å². The van der Waals surface area contributed by atoms with Gasteiger partial charge < -0.3 is 37.4 Å². The highest BCUT2D eigenvalue weighted by Gasteiger charge is 2.50. The van der Waals surface area contributed by atoms with Gasteiger partial charge in [-0.05, 0) is 0 Å². The molecule has 2 atom stereocenters. The first-order chi connectivity index (χ1) is 11.0. The normalized spacial score (nSPS) is 21.0. The molecule has 0 aromatic carbocycles. The fourth-order valence-electron chi connectivity index (χ4n) is 2.85. The summed E-state index contributed by atoms with van der Waals surface area (Å²) in [6.45, 7) is 0.427. The van der Waals surface area contributed by atoms with Crippen LogP contribution in [0.4, 0.5) is 5.82 Å². The number of nitrogens with zero attached hydrogens (tertiary/aromatic N) is 3. The van der Waals surface area contributed by atoms with Crippen molar-refractivity contribution in [2.24, 2.45) is 5.73 Å². The SMILES string of the molecule is Cl.Nc1cc[n+](CC2=C(C(=O)[O-])N3C(=O)[C@@H](N)[C@H]3SC2)n1CCO.O.O. The number of aliphatic carboxylic acids is 1. The third-order valence-electron chi connectivity index (χ3n) is 3.97. The molecule has 2 aliphatic heterocycles. The Morgan fingerprint density at radius 1 is 1.46 bits per heavy atom. The van der Waals surface area contributed by atoms with Crippen LogP contribution in [0, 0.1) is 0 Å². The Morgan fingerprint density at radius 3 is 2.69 bits per heavy atom. The number of carboxylic acid groups (broad SMARTS) is 1. The molecule has 0 spiro atoms. The Balaban J connectivity index is 0.00000208. The van der Waals surface area contributed by atoms with Crippen LogP contribution < -0.4 is 21.3 Å². The number of rotatable bonds is 5. The highest BCUT2D eigenvalue weighted by atomic mass is 35.5. The molecule has 148 valence electrons. The number of nitrogen functional groups attached to an aromatic ring is 1. The van der Waals surface area contributed by atoms with Crippen LogP contribution in [0.1, 0.15) is 0 Å². The van der Waals surface area contributed by atoms with Crippen LogP contribution in [0.25, 0.3) is 0 Å². The molecular weight excluding hydrogens is 390 g/mol. The maximum atomic E-state index is 11.9. The van der Waals surface area contributed by atoms with Gasteiger partial charge in [0.1, 0.15) is 18.0 Å². The van der Waals surface area contributed by atoms with E-state index in [0.717, 1.165) is 0 Å². The molecule has 0 unspecified atom stereocenters. The Kier molecular flexibility index (Phi) is 8.56. The number of fused-ring (bicyclic) bond motifs is 1. The number of thioether (sulfide) groups is 1. The van der Waals surface area contributed by atoms with E-state index in [0.29, 0.717) is 17.1 Å². The summed E-state index contributed by atoms with van der Waals surface area (Å²) in [5.74, 6) is -0.908. The van der Waals surface area contributed by atoms with Gasteiger partial charge in [0.15, 0.2) is 18.6 Å². The second kappa shape index (κ2) is 9.21. The lowest BCUT2D eigenvalue weighted by molar-refractivity contribution is -0.767. The minimum absolute atomic E-state index is 0. The van der Waals surface area contributed by atoms with E-state index in [1.807, 2.05) is 0 Å². The Labute approximate surface area is 159 Å². The van der Waals surface area contributed by atoms with Crippen LogP contribution >= 0.6 is 24.2 Å². The topological polar surface area (TPSA) is 205 Å². The summed E-state index contributed by atoms with van der Waals surface area (Å²) >= 11 is 1.43. The van der Waals surface area contributed by atoms with Crippen molar-refractivity contribution in [2.45, 2.75) is 24.5 Å². The molecule has 1 amide bonds. The summed E-state index contributed by atoms with van der Waals surface area (Å²) in [6, 6.07) is 0.996. The number of hydrogen-bond acceptors (Lipinski definition) is 7. The predicted molar refractivity (Wildman–Crippen MR) is 93.7 cm³/mol. The maximum Gasteiger partial charge on any atom is 0.248 e. The van der Waals surface area contributed by atoms with Crippen LogP contribution in [0.3, 0.4) is 0 Å². The van der Waals surface area contributed by atoms with E-state index in [2.05, 4.69) is 0 Å². The fraction of sp³-hybridized carbons (Fsp3) is 0.462. The molecule has 3 rings (SSSR count). The van der Waals surface area contributed by atoms with Crippen molar-refractivity contribution in [1.82, 2.24) is 9.58 Å². The van der Waals surface area contributed by atoms with Gasteiger partial charge >= 0.3 is 0 Å². The number of carbonyl (C=O) groups excluding carboxylic acids is 2. The van der Waals surface area contributed by atoms with Crippen molar-refractivity contribution in [2.75, 3.05) is 18.1 Å². The number of aromatic nitrogens is 2. The van der Waals surface area contributed by atoms with E-state index < -0.39 is 17.9 Å². The van der Waals surface area contributed by atoms with Crippen molar-refractivity contribution in [3.05, 3.63) is 23.5 Å². The number of aliphatic hydroxyl groups excluding tert-OH is 1. The average Bonchev–Trinajstić information content (AvgIpc) is 2.87. The molecule has 1 aromatic heterocycles. The van der Waals surface area contributed by atoms with Crippen LogP contribution in [0.5, 0.6) is 0 Å². The highest BCUT2D eigenvalue weighted by Crippen LogP contribution is 2.39. The summed E-state index contributed by atoms with van der Waals surface area (Å²) in [4.78, 5) is 24.6. The van der Waals surface area contributed by atoms with Crippen LogP contribution in [0.2, 0.25) is 0 Å². The standard InChI is InChI=1S/C13H17N5O4S.ClH.2H2O/c14-8-1-2-16(17(8)3-4-19)5-7-6-23-12-9(15)11(20)18(12)10(7)13(21)22;;;/h1-2,9,12,14,19H,3-6,15H2,(H,21,22);1H;2*1H2/t9-,12-;;;/m1.../s1. The largest absolute Gasteiger partial charge is 0.543 e. The molecule has 0 aliphatic carbocycles. The second-order valence-electron chi connectivity index (χ2n) is 5.36. The Hall–Kier alpha value is -1.83. The third kappa shape index (κ3) is 3.79. The molecule has 13 heteroatoms. The molecule has 0 bridgehead atoms. The number of aliphatic hydroxyl groups is 1. The Morgan fingerprint density at radius 2 is 2.12 bits per heavy atom. The molecule has 0 saturated carbocycles. The van der Waals surface area contributed by atoms with E-state index in [4.69, 9.17) is 16.6 Å². The van der Waals surface area contributed by atoms with Crippen LogP contribution in [0.15, 0.2) is 23.5 Å². The average molecular weight is 412 g/mol. The number of halogens is 1. The summed E-state index contributed by atoms with van der Waals surface area (Å²) < 4.78 is 3.34. The molecule has 11 nitrogen and oxygen atoms in total. The van der Waals surface area contributed by atoms with Gasteiger partial charge in [-0.15, -0.1) is 33.5 Å². The van der Waals surface area contributed by atoms with Gasteiger partial charge in [-0.25, -0.2) is 0 Å². The molecule has 26 heavy (non-hydrogen) atoms. The van der Waals surface area contributed by atoms with Crippen molar-refractivity contribution in [1.29, 1.82) is 0 Å². The summed E-state index contributed by atoms with van der Waals surface area (Å²) in [5.41, 5.74) is 12.0. The number of anilines is 1. The summed E-state index contributed by atoms with van der Waals surface area (Å²) in [7, 11) is 0. The Bertz CT molecular complexity index is 711. The first-order valence-corrected chi connectivity index (χ1v) is 8.09. The van der Waals surface area contributed by atoms with Gasteiger partial charge in [0.2, 0.25) is 5.91 Å². The zero-order valence-corrected chi connectivity index (χ0v) is 15.3. The van der Waals surface area contributed by atoms with Gasteiger partial charge in [0.25, 0.3) is 0 Å². The number of carbonyl (C=O) groups is 2. The first kappa shape index (κ1) is 24.2. The summed E-state index contributed by atoms with van der Waals surface area (Å²) in [6.07, 6.45) is 1.70. The number of amides is 1. The lowest BCUT2D eigenvalue weighted by Gasteiger charge is -2.49. The third-order valence-corrected chi connectivity index (χ3v) is 5.33. The quantitative estimate of drug-likeness (QED) is 0.318. The van der Waals surface area contributed by atoms with Gasteiger partial charge in [-0.2, -0.15) is 0 Å². The van der Waals surface area contributed by atoms with Gasteiger partial charge in [-0.1, -0.05) is 0 Å². The van der Waals surface area contributed by atoms with E-state index >= 15 is 0 Å². The summed E-state index contributed by atoms with van der Waals surface area (Å²) in [5, 5.41) is 20.3. The first-order valence-electron chi connectivity index (χ1n) is 7.05. The monoisotopic (exact) mass is 411 g/mol. The van der Waals surface area contributed by atoms with Crippen LogP contribution in [-0.2, 0) is 22.7 Å². The number of β-lactam (4-membered cyclic amide) rings is 1. The van der Waals surface area contributed by atoms with Gasteiger partial charge in [-0.3, -0.25) is 9.69 Å². The molecule has 1 fully saturated rings. The van der Waals surface area contributed by atoms with Crippen molar-refractivity contribution in [3.8, 4) is 0 Å². The smallest absolute Gasteiger partial charge is 0.248 e.